The van der Waals surface area contributed by atoms with Crippen molar-refractivity contribution in [1.29, 1.82) is 0 Å². The second-order valence-corrected chi connectivity index (χ2v) is 6.08. The highest BCUT2D eigenvalue weighted by Crippen LogP contribution is 2.12. The van der Waals surface area contributed by atoms with Crippen molar-refractivity contribution in [3.05, 3.63) is 0 Å². The van der Waals surface area contributed by atoms with Crippen LogP contribution in [0.3, 0.4) is 0 Å². The maximum Gasteiger partial charge on any atom is 0.319 e. The van der Waals surface area contributed by atoms with E-state index in [1.54, 1.807) is 11.8 Å². The molecule has 0 spiro atoms. The lowest BCUT2D eigenvalue weighted by Gasteiger charge is -2.29. The van der Waals surface area contributed by atoms with Gasteiger partial charge in [-0.25, -0.2) is 0 Å². The number of hydrogen-bond acceptors (Lipinski definition) is 4. The summed E-state index contributed by atoms with van der Waals surface area (Å²) >= 11 is 0. The fourth-order valence-electron chi connectivity index (χ4n) is 1.82. The zero-order valence-electron chi connectivity index (χ0n) is 10.6. The van der Waals surface area contributed by atoms with Gasteiger partial charge in [0.1, 0.15) is 10.5 Å². The molecule has 0 aromatic heterocycles. The summed E-state index contributed by atoms with van der Waals surface area (Å²) in [5.41, 5.74) is 0. The number of morpholine rings is 1. The zero-order chi connectivity index (χ0) is 13.7. The third-order valence-corrected chi connectivity index (χ3v) is 4.94. The van der Waals surface area contributed by atoms with E-state index in [4.69, 9.17) is 9.84 Å². The molecule has 104 valence electrons. The van der Waals surface area contributed by atoms with Crippen LogP contribution < -0.4 is 0 Å². The number of carboxylic acid groups (broad SMARTS) is 1. The van der Waals surface area contributed by atoms with Crippen LogP contribution in [0.25, 0.3) is 0 Å². The standard InChI is InChI=1S/C11H19NO5S/c1-3-9(11(14)15)18(16)8(2)10(13)12-4-6-17-7-5-12/h8-9H,3-7H2,1-2H3,(H,14,15). The summed E-state index contributed by atoms with van der Waals surface area (Å²) in [6.45, 7) is 5.08. The van der Waals surface area contributed by atoms with Gasteiger partial charge in [-0.05, 0) is 13.3 Å². The maximum absolute atomic E-state index is 12.1. The minimum atomic E-state index is -1.70. The van der Waals surface area contributed by atoms with Gasteiger partial charge >= 0.3 is 5.97 Å². The van der Waals surface area contributed by atoms with E-state index in [1.807, 2.05) is 0 Å². The van der Waals surface area contributed by atoms with Gasteiger partial charge in [0.15, 0.2) is 0 Å². The second kappa shape index (κ2) is 6.84. The van der Waals surface area contributed by atoms with Gasteiger partial charge in [0.05, 0.1) is 13.2 Å². The topological polar surface area (TPSA) is 83.9 Å². The average molecular weight is 277 g/mol. The Balaban J connectivity index is 2.67. The third-order valence-electron chi connectivity index (χ3n) is 2.95. The first kappa shape index (κ1) is 15.1. The first-order valence-electron chi connectivity index (χ1n) is 5.97. The van der Waals surface area contributed by atoms with Gasteiger partial charge in [0.25, 0.3) is 0 Å². The average Bonchev–Trinajstić information content (AvgIpc) is 2.38. The predicted molar refractivity (Wildman–Crippen MR) is 66.7 cm³/mol. The Morgan fingerprint density at radius 1 is 1.39 bits per heavy atom. The van der Waals surface area contributed by atoms with Crippen LogP contribution in [-0.2, 0) is 25.1 Å². The van der Waals surface area contributed by atoms with Crippen LogP contribution in [0.5, 0.6) is 0 Å². The monoisotopic (exact) mass is 277 g/mol. The number of rotatable bonds is 5. The molecule has 0 aromatic rings. The highest BCUT2D eigenvalue weighted by atomic mass is 32.2. The van der Waals surface area contributed by atoms with Gasteiger partial charge in [-0.15, -0.1) is 0 Å². The molecular weight excluding hydrogens is 258 g/mol. The first-order chi connectivity index (χ1) is 8.49. The number of hydrogen-bond donors (Lipinski definition) is 1. The Morgan fingerprint density at radius 3 is 2.39 bits per heavy atom. The van der Waals surface area contributed by atoms with E-state index < -0.39 is 27.3 Å². The molecule has 7 heteroatoms. The number of carbonyl (C=O) groups is 2. The molecule has 0 aliphatic carbocycles. The summed E-state index contributed by atoms with van der Waals surface area (Å²) in [5, 5.41) is 7.18. The van der Waals surface area contributed by atoms with Crippen molar-refractivity contribution >= 4 is 22.7 Å². The van der Waals surface area contributed by atoms with Crippen LogP contribution in [0.2, 0.25) is 0 Å². The van der Waals surface area contributed by atoms with Crippen LogP contribution in [0.1, 0.15) is 20.3 Å². The Morgan fingerprint density at radius 2 is 1.94 bits per heavy atom. The van der Waals surface area contributed by atoms with Crippen molar-refractivity contribution in [2.45, 2.75) is 30.8 Å². The summed E-state index contributed by atoms with van der Waals surface area (Å²) in [7, 11) is -1.70. The SMILES string of the molecule is CCC(C(=O)O)S(=O)C(C)C(=O)N1CCOCC1. The van der Waals surface area contributed by atoms with Crippen LogP contribution in [0.4, 0.5) is 0 Å². The maximum atomic E-state index is 12.1. The number of nitrogens with zero attached hydrogens (tertiary/aromatic N) is 1. The third kappa shape index (κ3) is 3.52. The van der Waals surface area contributed by atoms with Crippen molar-refractivity contribution in [2.75, 3.05) is 26.3 Å². The van der Waals surface area contributed by atoms with E-state index in [-0.39, 0.29) is 12.3 Å². The molecule has 1 N–H and O–H groups in total. The van der Waals surface area contributed by atoms with Gasteiger partial charge in [-0.3, -0.25) is 13.8 Å². The Hall–Kier alpha value is -0.950. The number of amides is 1. The molecule has 1 heterocycles. The van der Waals surface area contributed by atoms with E-state index in [0.717, 1.165) is 0 Å². The fraction of sp³-hybridized carbons (Fsp3) is 0.818. The largest absolute Gasteiger partial charge is 0.480 e. The summed E-state index contributed by atoms with van der Waals surface area (Å²) in [6, 6.07) is 0. The summed E-state index contributed by atoms with van der Waals surface area (Å²) in [4.78, 5) is 24.6. The zero-order valence-corrected chi connectivity index (χ0v) is 11.4. The van der Waals surface area contributed by atoms with Gasteiger partial charge in [-0.2, -0.15) is 0 Å². The smallest absolute Gasteiger partial charge is 0.319 e. The number of ether oxygens (including phenoxy) is 1. The van der Waals surface area contributed by atoms with E-state index in [2.05, 4.69) is 0 Å². The van der Waals surface area contributed by atoms with Gasteiger partial charge in [-0.1, -0.05) is 6.92 Å². The molecule has 1 rings (SSSR count). The van der Waals surface area contributed by atoms with Gasteiger partial charge < -0.3 is 14.7 Å². The molecule has 18 heavy (non-hydrogen) atoms. The summed E-state index contributed by atoms with van der Waals surface area (Å²) < 4.78 is 17.2. The van der Waals surface area contributed by atoms with Crippen molar-refractivity contribution in [1.82, 2.24) is 4.90 Å². The predicted octanol–water partition coefficient (Wildman–Crippen LogP) is -0.154. The Labute approximate surface area is 109 Å². The van der Waals surface area contributed by atoms with E-state index in [1.165, 1.54) is 6.92 Å². The summed E-state index contributed by atoms with van der Waals surface area (Å²) in [6.07, 6.45) is 0.253. The lowest BCUT2D eigenvalue weighted by molar-refractivity contribution is -0.136. The summed E-state index contributed by atoms with van der Waals surface area (Å²) in [5.74, 6) is -1.37. The fourth-order valence-corrected chi connectivity index (χ4v) is 3.19. The molecule has 1 fully saturated rings. The number of carboxylic acids is 1. The molecule has 1 aliphatic heterocycles. The lowest BCUT2D eigenvalue weighted by atomic mass is 10.3. The van der Waals surface area contributed by atoms with Crippen molar-refractivity contribution in [3.63, 3.8) is 0 Å². The van der Waals surface area contributed by atoms with Gasteiger partial charge in [0.2, 0.25) is 5.91 Å². The van der Waals surface area contributed by atoms with E-state index in [9.17, 15) is 13.8 Å². The molecule has 3 unspecified atom stereocenters. The highest BCUT2D eigenvalue weighted by molar-refractivity contribution is 7.87. The molecule has 0 radical (unpaired) electrons. The molecule has 1 amide bonds. The molecule has 1 saturated heterocycles. The molecule has 0 aromatic carbocycles. The minimum absolute atomic E-state index is 0.253. The number of carbonyl (C=O) groups excluding carboxylic acids is 1. The van der Waals surface area contributed by atoms with Crippen LogP contribution in [-0.4, -0.2) is 62.9 Å². The Bertz CT molecular complexity index is 340. The molecule has 0 saturated carbocycles. The van der Waals surface area contributed by atoms with E-state index in [0.29, 0.717) is 26.3 Å². The van der Waals surface area contributed by atoms with Crippen LogP contribution in [0.15, 0.2) is 0 Å². The van der Waals surface area contributed by atoms with Crippen LogP contribution >= 0.6 is 0 Å². The normalized spacial score (nSPS) is 21.1. The Kier molecular flexibility index (Phi) is 5.74. The molecule has 1 aliphatic rings. The molecular formula is C11H19NO5S. The van der Waals surface area contributed by atoms with Crippen LogP contribution in [0, 0.1) is 0 Å². The van der Waals surface area contributed by atoms with Crippen molar-refractivity contribution in [2.24, 2.45) is 0 Å². The lowest BCUT2D eigenvalue weighted by Crippen LogP contribution is -2.47. The van der Waals surface area contributed by atoms with Crippen molar-refractivity contribution < 1.29 is 23.6 Å². The highest BCUT2D eigenvalue weighted by Gasteiger charge is 2.33. The molecule has 0 bridgehead atoms. The van der Waals surface area contributed by atoms with E-state index >= 15 is 0 Å². The first-order valence-corrected chi connectivity index (χ1v) is 7.25. The minimum Gasteiger partial charge on any atom is -0.480 e. The second-order valence-electron chi connectivity index (χ2n) is 4.14. The molecule has 6 nitrogen and oxygen atoms in total. The molecule has 3 atom stereocenters. The number of aliphatic carboxylic acids is 1. The van der Waals surface area contributed by atoms with Gasteiger partial charge in [0, 0.05) is 23.9 Å². The quantitative estimate of drug-likeness (QED) is 0.755. The van der Waals surface area contributed by atoms with Crippen molar-refractivity contribution in [3.8, 4) is 0 Å².